The van der Waals surface area contributed by atoms with E-state index in [-0.39, 0.29) is 5.75 Å². The molecule has 5 nitrogen and oxygen atoms in total. The monoisotopic (exact) mass is 362 g/mol. The van der Waals surface area contributed by atoms with Crippen LogP contribution >= 0.6 is 0 Å². The highest BCUT2D eigenvalue weighted by molar-refractivity contribution is 5.60. The van der Waals surface area contributed by atoms with Gasteiger partial charge in [-0.3, -0.25) is 0 Å². The van der Waals surface area contributed by atoms with Crippen LogP contribution in [0.1, 0.15) is 37.7 Å². The molecule has 1 aromatic rings. The summed E-state index contributed by atoms with van der Waals surface area (Å²) in [5, 5.41) is 0. The molecule has 1 unspecified atom stereocenters. The van der Waals surface area contributed by atoms with E-state index in [0.29, 0.717) is 19.6 Å². The second-order valence-electron chi connectivity index (χ2n) is 5.79. The predicted molar refractivity (Wildman–Crippen MR) is 82.2 cm³/mol. The molecule has 1 atom stereocenters. The van der Waals surface area contributed by atoms with E-state index < -0.39 is 23.7 Å². The van der Waals surface area contributed by atoms with E-state index in [1.807, 2.05) is 0 Å². The molecule has 0 amide bonds. The summed E-state index contributed by atoms with van der Waals surface area (Å²) in [5.41, 5.74) is -0.717. The first kappa shape index (κ1) is 19.4. The highest BCUT2D eigenvalue weighted by atomic mass is 19.4. The van der Waals surface area contributed by atoms with Crippen molar-refractivity contribution in [2.24, 2.45) is 0 Å². The van der Waals surface area contributed by atoms with Crippen molar-refractivity contribution >= 4 is 6.16 Å². The first-order valence-corrected chi connectivity index (χ1v) is 8.06. The Hall–Kier alpha value is -1.96. The van der Waals surface area contributed by atoms with Crippen molar-refractivity contribution in [2.45, 2.75) is 44.1 Å². The van der Waals surface area contributed by atoms with Crippen LogP contribution in [0.5, 0.6) is 5.75 Å². The van der Waals surface area contributed by atoms with Gasteiger partial charge in [-0.2, -0.15) is 13.2 Å². The lowest BCUT2D eigenvalue weighted by Crippen LogP contribution is -2.21. The lowest BCUT2D eigenvalue weighted by Gasteiger charge is -2.12. The number of hydrogen-bond donors (Lipinski definition) is 0. The maximum absolute atomic E-state index is 12.6. The van der Waals surface area contributed by atoms with Crippen LogP contribution in [0.2, 0.25) is 0 Å². The molecule has 0 aromatic heterocycles. The summed E-state index contributed by atoms with van der Waals surface area (Å²) in [6, 6.07) is 4.85. The molecule has 1 aromatic carbocycles. The minimum atomic E-state index is -4.37. The van der Waals surface area contributed by atoms with Gasteiger partial charge in [-0.15, -0.1) is 0 Å². The Labute approximate surface area is 144 Å². The molecule has 1 aliphatic heterocycles. The van der Waals surface area contributed by atoms with Gasteiger partial charge >= 0.3 is 12.3 Å². The molecule has 1 aliphatic rings. The average Bonchev–Trinajstić information content (AvgIpc) is 3.33. The maximum Gasteiger partial charge on any atom is 0.510 e. The summed E-state index contributed by atoms with van der Waals surface area (Å²) < 4.78 is 57.7. The largest absolute Gasteiger partial charge is 0.510 e. The van der Waals surface area contributed by atoms with Crippen molar-refractivity contribution in [1.82, 2.24) is 0 Å². The molecule has 0 saturated carbocycles. The summed E-state index contributed by atoms with van der Waals surface area (Å²) in [6.07, 6.45) is -1.27. The fourth-order valence-electron chi connectivity index (χ4n) is 2.33. The topological polar surface area (TPSA) is 57.3 Å². The number of ether oxygens (including phenoxy) is 4. The van der Waals surface area contributed by atoms with E-state index >= 15 is 0 Å². The summed E-state index contributed by atoms with van der Waals surface area (Å²) >= 11 is 0. The molecular weight excluding hydrogens is 341 g/mol. The molecule has 140 valence electrons. The summed E-state index contributed by atoms with van der Waals surface area (Å²) in [4.78, 5) is 11.1. The van der Waals surface area contributed by atoms with Crippen molar-refractivity contribution in [3.63, 3.8) is 0 Å². The lowest BCUT2D eigenvalue weighted by atomic mass is 10.1. The van der Waals surface area contributed by atoms with Crippen molar-refractivity contribution in [3.8, 4) is 5.75 Å². The minimum Gasteiger partial charge on any atom is -0.494 e. The van der Waals surface area contributed by atoms with Crippen LogP contribution in [0, 0.1) is 0 Å². The van der Waals surface area contributed by atoms with E-state index in [9.17, 15) is 18.0 Å². The van der Waals surface area contributed by atoms with Crippen LogP contribution in [0.25, 0.3) is 0 Å². The summed E-state index contributed by atoms with van der Waals surface area (Å²) in [6.45, 7) is 0.725. The van der Waals surface area contributed by atoms with Gasteiger partial charge in [-0.05, 0) is 31.0 Å². The van der Waals surface area contributed by atoms with Crippen molar-refractivity contribution in [1.29, 1.82) is 0 Å². The van der Waals surface area contributed by atoms with Gasteiger partial charge in [0.2, 0.25) is 5.79 Å². The standard InChI is InChI=1S/C17H21F3O5/c1-22-15(21)25-16(12-24-16)9-4-2-3-5-10-23-14-8-6-7-13(11-14)17(18,19)20/h6-8,11H,2-5,9-10,12H2,1H3. The molecule has 0 bridgehead atoms. The minimum absolute atomic E-state index is 0.214. The zero-order chi connectivity index (χ0) is 18.3. The van der Waals surface area contributed by atoms with E-state index in [1.165, 1.54) is 19.2 Å². The number of carbonyl (C=O) groups excluding carboxylic acids is 1. The summed E-state index contributed by atoms with van der Waals surface area (Å²) in [5.74, 6) is -0.617. The number of carbonyl (C=O) groups is 1. The van der Waals surface area contributed by atoms with E-state index in [2.05, 4.69) is 4.74 Å². The first-order chi connectivity index (χ1) is 11.8. The van der Waals surface area contributed by atoms with Crippen LogP contribution in [0.15, 0.2) is 24.3 Å². The maximum atomic E-state index is 12.6. The van der Waals surface area contributed by atoms with Crippen molar-refractivity contribution in [3.05, 3.63) is 29.8 Å². The molecule has 8 heteroatoms. The number of methoxy groups -OCH3 is 1. The molecule has 1 fully saturated rings. The number of rotatable bonds is 9. The number of benzene rings is 1. The quantitative estimate of drug-likeness (QED) is 0.367. The van der Waals surface area contributed by atoms with Gasteiger partial charge < -0.3 is 18.9 Å². The average molecular weight is 362 g/mol. The molecule has 1 saturated heterocycles. The van der Waals surface area contributed by atoms with Crippen LogP contribution < -0.4 is 4.74 Å². The number of unbranched alkanes of at least 4 members (excludes halogenated alkanes) is 3. The Bertz CT molecular complexity index is 570. The molecular formula is C17H21F3O5. The summed E-state index contributed by atoms with van der Waals surface area (Å²) in [7, 11) is 1.24. The zero-order valence-corrected chi connectivity index (χ0v) is 13.9. The number of hydrogen-bond acceptors (Lipinski definition) is 5. The van der Waals surface area contributed by atoms with Crippen LogP contribution in [0.4, 0.5) is 18.0 Å². The number of alkyl halides is 3. The molecule has 0 spiro atoms. The lowest BCUT2D eigenvalue weighted by molar-refractivity contribution is -0.137. The molecule has 0 radical (unpaired) electrons. The second-order valence-corrected chi connectivity index (χ2v) is 5.79. The number of halogens is 3. The first-order valence-electron chi connectivity index (χ1n) is 8.06. The van der Waals surface area contributed by atoms with Crippen LogP contribution in [0.3, 0.4) is 0 Å². The SMILES string of the molecule is COC(=O)OC1(CCCCCCOc2cccc(C(F)(F)F)c2)CO1. The van der Waals surface area contributed by atoms with Crippen LogP contribution in [-0.2, 0) is 20.4 Å². The molecule has 1 heterocycles. The van der Waals surface area contributed by atoms with E-state index in [4.69, 9.17) is 14.2 Å². The van der Waals surface area contributed by atoms with Crippen LogP contribution in [-0.4, -0.2) is 32.3 Å². The van der Waals surface area contributed by atoms with Gasteiger partial charge in [0.15, 0.2) is 0 Å². The molecule has 25 heavy (non-hydrogen) atoms. The van der Waals surface area contributed by atoms with Gasteiger partial charge in [-0.25, -0.2) is 4.79 Å². The van der Waals surface area contributed by atoms with Crippen molar-refractivity contribution in [2.75, 3.05) is 20.3 Å². The predicted octanol–water partition coefficient (Wildman–Crippen LogP) is 4.54. The van der Waals surface area contributed by atoms with Crippen molar-refractivity contribution < 1.29 is 36.9 Å². The Kier molecular flexibility index (Phi) is 6.52. The van der Waals surface area contributed by atoms with Gasteiger partial charge in [0.25, 0.3) is 0 Å². The number of epoxide rings is 1. The molecule has 2 rings (SSSR count). The smallest absolute Gasteiger partial charge is 0.494 e. The Balaban J connectivity index is 1.58. The highest BCUT2D eigenvalue weighted by Gasteiger charge is 2.49. The van der Waals surface area contributed by atoms with E-state index in [1.54, 1.807) is 0 Å². The third kappa shape index (κ3) is 6.45. The fraction of sp³-hybridized carbons (Fsp3) is 0.588. The van der Waals surface area contributed by atoms with Gasteiger partial charge in [0.1, 0.15) is 12.4 Å². The Morgan fingerprint density at radius 1 is 1.24 bits per heavy atom. The Morgan fingerprint density at radius 2 is 1.96 bits per heavy atom. The normalized spacial score (nSPS) is 19.4. The fourth-order valence-corrected chi connectivity index (χ4v) is 2.33. The zero-order valence-electron chi connectivity index (χ0n) is 13.9. The third-order valence-electron chi connectivity index (χ3n) is 3.78. The molecule has 0 N–H and O–H groups in total. The Morgan fingerprint density at radius 3 is 2.60 bits per heavy atom. The highest BCUT2D eigenvalue weighted by Crippen LogP contribution is 2.35. The van der Waals surface area contributed by atoms with Gasteiger partial charge in [0.05, 0.1) is 19.3 Å². The van der Waals surface area contributed by atoms with Gasteiger partial charge in [0, 0.05) is 6.42 Å². The second kappa shape index (κ2) is 8.42. The van der Waals surface area contributed by atoms with E-state index in [0.717, 1.165) is 37.8 Å². The third-order valence-corrected chi connectivity index (χ3v) is 3.78. The van der Waals surface area contributed by atoms with Gasteiger partial charge in [-0.1, -0.05) is 18.9 Å². The molecule has 0 aliphatic carbocycles.